The highest BCUT2D eigenvalue weighted by atomic mass is 19.4. The largest absolute Gasteiger partial charge is 0.503 e. The Bertz CT molecular complexity index is 374. The summed E-state index contributed by atoms with van der Waals surface area (Å²) < 4.78 is 72.7. The van der Waals surface area contributed by atoms with E-state index in [0.29, 0.717) is 0 Å². The van der Waals surface area contributed by atoms with Crippen molar-refractivity contribution >= 4 is 0 Å². The Morgan fingerprint density at radius 2 is 1.80 bits per heavy atom. The molecule has 1 rings (SSSR count). The molecule has 0 aliphatic heterocycles. The summed E-state index contributed by atoms with van der Waals surface area (Å²) in [4.78, 5) is 2.48. The Morgan fingerprint density at radius 1 is 1.27 bits per heavy atom. The zero-order chi connectivity index (χ0) is 11.8. The van der Waals surface area contributed by atoms with Gasteiger partial charge in [-0.25, -0.2) is 13.8 Å². The van der Waals surface area contributed by atoms with Gasteiger partial charge in [0.05, 0.1) is 0 Å². The second-order valence-electron chi connectivity index (χ2n) is 2.53. The number of hydrogen-bond acceptors (Lipinski definition) is 2. The zero-order valence-electron chi connectivity index (χ0n) is 6.82. The summed E-state index contributed by atoms with van der Waals surface area (Å²) in [6.07, 6.45) is -8.46. The molecule has 0 saturated carbocycles. The lowest BCUT2D eigenvalue weighted by Crippen LogP contribution is -2.09. The molecule has 2 nitrogen and oxygen atoms in total. The van der Waals surface area contributed by atoms with E-state index in [1.807, 2.05) is 0 Å². The minimum atomic E-state index is -5.11. The summed E-state index contributed by atoms with van der Waals surface area (Å²) in [5.41, 5.74) is -3.25. The molecule has 84 valence electrons. The van der Waals surface area contributed by atoms with Crippen LogP contribution in [0.2, 0.25) is 0 Å². The zero-order valence-corrected chi connectivity index (χ0v) is 6.82. The first-order chi connectivity index (χ1) is 6.73. The van der Waals surface area contributed by atoms with E-state index in [0.717, 1.165) is 0 Å². The minimum Gasteiger partial charge on any atom is -0.503 e. The van der Waals surface area contributed by atoms with Crippen molar-refractivity contribution in [2.45, 2.75) is 12.6 Å². The molecule has 0 amide bonds. The van der Waals surface area contributed by atoms with Crippen LogP contribution in [0, 0.1) is 5.95 Å². The van der Waals surface area contributed by atoms with Crippen LogP contribution in [0.5, 0.6) is 5.75 Å². The maximum Gasteiger partial charge on any atom is 0.420 e. The molecule has 1 aromatic heterocycles. The quantitative estimate of drug-likeness (QED) is 0.595. The molecule has 0 bridgehead atoms. The first-order valence-corrected chi connectivity index (χ1v) is 3.48. The van der Waals surface area contributed by atoms with E-state index in [4.69, 9.17) is 5.11 Å². The second kappa shape index (κ2) is 3.59. The van der Waals surface area contributed by atoms with Gasteiger partial charge in [-0.3, -0.25) is 0 Å². The standard InChI is InChI=1S/C7H3F6NO/c8-5(9)3-1-2(7(11,12)13)4(15)6(10)14-3/h1,5,15H. The third-order valence-electron chi connectivity index (χ3n) is 1.50. The van der Waals surface area contributed by atoms with Gasteiger partial charge in [-0.15, -0.1) is 0 Å². The van der Waals surface area contributed by atoms with E-state index in [2.05, 4.69) is 4.98 Å². The summed E-state index contributed by atoms with van der Waals surface area (Å²) in [6.45, 7) is 0. The van der Waals surface area contributed by atoms with E-state index in [1.54, 1.807) is 0 Å². The third kappa shape index (κ3) is 2.31. The Balaban J connectivity index is 3.38. The van der Waals surface area contributed by atoms with Crippen LogP contribution in [-0.4, -0.2) is 10.1 Å². The highest BCUT2D eigenvalue weighted by molar-refractivity contribution is 5.35. The van der Waals surface area contributed by atoms with Crippen molar-refractivity contribution in [3.05, 3.63) is 23.3 Å². The van der Waals surface area contributed by atoms with Gasteiger partial charge < -0.3 is 5.11 Å². The number of hydrogen-bond donors (Lipinski definition) is 1. The number of pyridine rings is 1. The van der Waals surface area contributed by atoms with Gasteiger partial charge in [0.1, 0.15) is 11.3 Å². The maximum atomic E-state index is 12.5. The number of halogens is 6. The Hall–Kier alpha value is -1.47. The van der Waals surface area contributed by atoms with Crippen LogP contribution in [0.15, 0.2) is 6.07 Å². The summed E-state index contributed by atoms with van der Waals surface area (Å²) >= 11 is 0. The number of rotatable bonds is 1. The smallest absolute Gasteiger partial charge is 0.420 e. The van der Waals surface area contributed by atoms with E-state index in [-0.39, 0.29) is 6.07 Å². The molecule has 15 heavy (non-hydrogen) atoms. The van der Waals surface area contributed by atoms with Crippen LogP contribution >= 0.6 is 0 Å². The monoisotopic (exact) mass is 231 g/mol. The summed E-state index contributed by atoms with van der Waals surface area (Å²) in [7, 11) is 0. The Kier molecular flexibility index (Phi) is 2.78. The van der Waals surface area contributed by atoms with Crippen molar-refractivity contribution in [1.29, 1.82) is 0 Å². The fraction of sp³-hybridized carbons (Fsp3) is 0.286. The third-order valence-corrected chi connectivity index (χ3v) is 1.50. The molecule has 0 radical (unpaired) electrons. The van der Waals surface area contributed by atoms with Gasteiger partial charge in [-0.05, 0) is 6.07 Å². The van der Waals surface area contributed by atoms with Crippen molar-refractivity contribution < 1.29 is 31.4 Å². The molecule has 0 aromatic carbocycles. The second-order valence-corrected chi connectivity index (χ2v) is 2.53. The molecule has 0 saturated heterocycles. The average Bonchev–Trinajstić information content (AvgIpc) is 2.06. The summed E-state index contributed by atoms with van der Waals surface area (Å²) in [6, 6.07) is -0.0942. The van der Waals surface area contributed by atoms with E-state index in [9.17, 15) is 26.3 Å². The predicted octanol–water partition coefficient (Wildman–Crippen LogP) is 2.88. The maximum absolute atomic E-state index is 12.5. The normalized spacial score (nSPS) is 12.2. The molecule has 0 atom stereocenters. The minimum absolute atomic E-state index is 0.0942. The molecule has 0 aliphatic rings. The first-order valence-electron chi connectivity index (χ1n) is 3.48. The lowest BCUT2D eigenvalue weighted by Gasteiger charge is -2.10. The number of alkyl halides is 5. The van der Waals surface area contributed by atoms with E-state index in [1.165, 1.54) is 0 Å². The SMILES string of the molecule is Oc1c(C(F)(F)F)cc(C(F)F)nc1F. The topological polar surface area (TPSA) is 33.1 Å². The molecule has 0 aliphatic carbocycles. The highest BCUT2D eigenvalue weighted by Crippen LogP contribution is 2.38. The van der Waals surface area contributed by atoms with Crippen LogP contribution in [0.1, 0.15) is 17.7 Å². The molecule has 1 aromatic rings. The summed E-state index contributed by atoms with van der Waals surface area (Å²) in [5, 5.41) is 8.64. The molecule has 1 N–H and O–H groups in total. The lowest BCUT2D eigenvalue weighted by atomic mass is 10.2. The average molecular weight is 231 g/mol. The number of aromatic hydroxyl groups is 1. The van der Waals surface area contributed by atoms with Crippen LogP contribution in [-0.2, 0) is 6.18 Å². The van der Waals surface area contributed by atoms with Gasteiger partial charge in [0.25, 0.3) is 12.4 Å². The van der Waals surface area contributed by atoms with Crippen LogP contribution in [0.25, 0.3) is 0 Å². The molecular formula is C7H3F6NO. The number of nitrogens with zero attached hydrogens (tertiary/aromatic N) is 1. The van der Waals surface area contributed by atoms with Crippen molar-refractivity contribution in [2.75, 3.05) is 0 Å². The molecule has 0 unspecified atom stereocenters. The van der Waals surface area contributed by atoms with Crippen molar-refractivity contribution in [3.63, 3.8) is 0 Å². The molecule has 0 fully saturated rings. The van der Waals surface area contributed by atoms with Crippen molar-refractivity contribution in [1.82, 2.24) is 4.98 Å². The van der Waals surface area contributed by atoms with Gasteiger partial charge in [-0.1, -0.05) is 0 Å². The first kappa shape index (κ1) is 11.6. The van der Waals surface area contributed by atoms with Crippen molar-refractivity contribution in [2.24, 2.45) is 0 Å². The van der Waals surface area contributed by atoms with Crippen molar-refractivity contribution in [3.8, 4) is 5.75 Å². The number of aromatic nitrogens is 1. The molecule has 1 heterocycles. The van der Waals surface area contributed by atoms with E-state index < -0.39 is 35.6 Å². The Morgan fingerprint density at radius 3 is 2.20 bits per heavy atom. The predicted molar refractivity (Wildman–Crippen MR) is 35.8 cm³/mol. The lowest BCUT2D eigenvalue weighted by molar-refractivity contribution is -0.139. The molecular weight excluding hydrogens is 228 g/mol. The van der Waals surface area contributed by atoms with Gasteiger partial charge in [-0.2, -0.15) is 17.6 Å². The molecule has 0 spiro atoms. The van der Waals surface area contributed by atoms with E-state index >= 15 is 0 Å². The van der Waals surface area contributed by atoms with Gasteiger partial charge in [0.15, 0.2) is 5.75 Å². The van der Waals surface area contributed by atoms with Crippen LogP contribution in [0.3, 0.4) is 0 Å². The molecule has 8 heteroatoms. The fourth-order valence-electron chi connectivity index (χ4n) is 0.854. The Labute approximate surface area is 79.2 Å². The van der Waals surface area contributed by atoms with Crippen LogP contribution in [0.4, 0.5) is 26.3 Å². The summed E-state index contributed by atoms with van der Waals surface area (Å²) in [5.74, 6) is -3.76. The van der Waals surface area contributed by atoms with Gasteiger partial charge in [0.2, 0.25) is 0 Å². The van der Waals surface area contributed by atoms with Crippen LogP contribution < -0.4 is 0 Å². The highest BCUT2D eigenvalue weighted by Gasteiger charge is 2.37. The van der Waals surface area contributed by atoms with Gasteiger partial charge >= 0.3 is 6.18 Å². The van der Waals surface area contributed by atoms with Gasteiger partial charge in [0, 0.05) is 0 Å². The fourth-order valence-corrected chi connectivity index (χ4v) is 0.854.